The number of rotatable bonds is 5. The molecular formula is C17H15F3N6O4. The molecule has 0 saturated carbocycles. The Hall–Kier alpha value is -3.90. The number of ether oxygens (including phenoxy) is 2. The number of methoxy groups -OCH3 is 1. The summed E-state index contributed by atoms with van der Waals surface area (Å²) in [6.45, 7) is 1.76. The Balaban J connectivity index is 2.14. The molecule has 13 heteroatoms. The Kier molecular flexibility index (Phi) is 5.45. The number of hydrogen-bond donors (Lipinski definition) is 2. The highest BCUT2D eigenvalue weighted by atomic mass is 19.4. The molecule has 2 heterocycles. The van der Waals surface area contributed by atoms with Gasteiger partial charge in [0, 0.05) is 18.9 Å². The van der Waals surface area contributed by atoms with Crippen molar-refractivity contribution in [1.82, 2.24) is 19.5 Å². The maximum absolute atomic E-state index is 12.8. The summed E-state index contributed by atoms with van der Waals surface area (Å²) in [5.74, 6) is -2.04. The summed E-state index contributed by atoms with van der Waals surface area (Å²) in [6.07, 6.45) is -2.64. The molecule has 0 aliphatic heterocycles. The minimum Gasteiger partial charge on any atom is -0.491 e. The molecule has 0 spiro atoms. The van der Waals surface area contributed by atoms with Gasteiger partial charge in [-0.1, -0.05) is 0 Å². The van der Waals surface area contributed by atoms with Gasteiger partial charge >= 0.3 is 6.36 Å². The summed E-state index contributed by atoms with van der Waals surface area (Å²) in [5.41, 5.74) is 4.60. The highest BCUT2D eigenvalue weighted by molar-refractivity contribution is 6.03. The third-order valence-electron chi connectivity index (χ3n) is 3.95. The van der Waals surface area contributed by atoms with E-state index >= 15 is 0 Å². The second-order valence-corrected chi connectivity index (χ2v) is 5.81. The van der Waals surface area contributed by atoms with Gasteiger partial charge in [-0.15, -0.1) is 13.2 Å². The van der Waals surface area contributed by atoms with Crippen LogP contribution in [0.4, 0.5) is 25.1 Å². The number of carbonyl (C=O) groups is 1. The van der Waals surface area contributed by atoms with Crippen LogP contribution < -0.4 is 26.1 Å². The third-order valence-corrected chi connectivity index (χ3v) is 3.95. The molecular weight excluding hydrogens is 409 g/mol. The smallest absolute Gasteiger partial charge is 0.491 e. The number of nitrogen functional groups attached to an aromatic ring is 1. The van der Waals surface area contributed by atoms with Gasteiger partial charge in [0.25, 0.3) is 11.5 Å². The molecule has 0 radical (unpaired) electrons. The number of nitrogens with two attached hydrogens (primary N) is 1. The molecule has 1 amide bonds. The third kappa shape index (κ3) is 4.09. The second kappa shape index (κ2) is 7.85. The number of anilines is 2. The number of halogens is 3. The predicted molar refractivity (Wildman–Crippen MR) is 99.3 cm³/mol. The molecule has 3 aromatic rings. The van der Waals surface area contributed by atoms with E-state index in [0.29, 0.717) is 0 Å². The van der Waals surface area contributed by atoms with Gasteiger partial charge < -0.3 is 15.2 Å². The first-order valence-electron chi connectivity index (χ1n) is 8.40. The van der Waals surface area contributed by atoms with E-state index in [1.165, 1.54) is 12.4 Å². The Morgan fingerprint density at radius 1 is 1.27 bits per heavy atom. The molecule has 0 fully saturated rings. The zero-order valence-corrected chi connectivity index (χ0v) is 15.6. The molecule has 0 saturated heterocycles. The lowest BCUT2D eigenvalue weighted by Crippen LogP contribution is -2.27. The maximum Gasteiger partial charge on any atom is 0.573 e. The first kappa shape index (κ1) is 20.8. The summed E-state index contributed by atoms with van der Waals surface area (Å²) >= 11 is 0. The fourth-order valence-electron chi connectivity index (χ4n) is 2.66. The van der Waals surface area contributed by atoms with Crippen molar-refractivity contribution in [2.45, 2.75) is 19.8 Å². The van der Waals surface area contributed by atoms with Gasteiger partial charge in [-0.05, 0) is 19.1 Å². The number of aromatic nitrogens is 4. The largest absolute Gasteiger partial charge is 0.573 e. The van der Waals surface area contributed by atoms with E-state index in [4.69, 9.17) is 10.5 Å². The number of benzene rings is 1. The number of alkyl halides is 3. The number of hydrogen-bond acceptors (Lipinski definition) is 8. The van der Waals surface area contributed by atoms with Crippen molar-refractivity contribution in [1.29, 1.82) is 0 Å². The van der Waals surface area contributed by atoms with Crippen LogP contribution in [0.3, 0.4) is 0 Å². The van der Waals surface area contributed by atoms with Crippen molar-refractivity contribution in [3.8, 4) is 11.5 Å². The van der Waals surface area contributed by atoms with Crippen LogP contribution in [0.1, 0.15) is 17.3 Å². The van der Waals surface area contributed by atoms with Crippen molar-refractivity contribution in [3.05, 3.63) is 40.4 Å². The molecule has 2 aromatic heterocycles. The molecule has 0 atom stereocenters. The van der Waals surface area contributed by atoms with E-state index in [9.17, 15) is 22.8 Å². The summed E-state index contributed by atoms with van der Waals surface area (Å²) in [7, 11) is 1.11. The molecule has 1 aromatic carbocycles. The highest BCUT2D eigenvalue weighted by Crippen LogP contribution is 2.37. The Morgan fingerprint density at radius 2 is 1.93 bits per heavy atom. The minimum absolute atomic E-state index is 0.0166. The van der Waals surface area contributed by atoms with Crippen LogP contribution in [0.2, 0.25) is 0 Å². The number of nitrogens with one attached hydrogen (secondary N) is 1. The van der Waals surface area contributed by atoms with Crippen LogP contribution in [0.5, 0.6) is 11.5 Å². The zero-order valence-electron chi connectivity index (χ0n) is 15.6. The molecule has 30 heavy (non-hydrogen) atoms. The van der Waals surface area contributed by atoms with Crippen molar-refractivity contribution < 1.29 is 27.4 Å². The van der Waals surface area contributed by atoms with Crippen LogP contribution in [0.25, 0.3) is 10.9 Å². The number of carbonyl (C=O) groups excluding carboxylic acids is 1. The quantitative estimate of drug-likeness (QED) is 0.635. The van der Waals surface area contributed by atoms with Gasteiger partial charge in [-0.2, -0.15) is 0 Å². The normalized spacial score (nSPS) is 11.4. The zero-order chi connectivity index (χ0) is 22.1. The maximum atomic E-state index is 12.8. The van der Waals surface area contributed by atoms with Gasteiger partial charge in [-0.25, -0.2) is 15.0 Å². The lowest BCUT2D eigenvalue weighted by Gasteiger charge is -2.16. The van der Waals surface area contributed by atoms with Gasteiger partial charge in [-0.3, -0.25) is 19.5 Å². The molecule has 3 rings (SSSR count). The van der Waals surface area contributed by atoms with Gasteiger partial charge in [0.05, 0.1) is 18.1 Å². The van der Waals surface area contributed by atoms with Crippen molar-refractivity contribution in [3.63, 3.8) is 0 Å². The summed E-state index contributed by atoms with van der Waals surface area (Å²) in [5, 5.41) is 2.41. The number of fused-ring (bicyclic) bond motifs is 1. The topological polar surface area (TPSA) is 134 Å². The van der Waals surface area contributed by atoms with E-state index in [-0.39, 0.29) is 34.9 Å². The standard InChI is InChI=1S/C17H15F3N6O4/c1-3-26-14(28)9-4-5-10(30-17(18,19)20)12(29-2)11(9)24-16(26)25-13(27)8-6-22-15(21)23-7-8/h4-7H,3H2,1-2H3,(H2,21,22,23)(H,24,25,27). The van der Waals surface area contributed by atoms with Crippen molar-refractivity contribution in [2.24, 2.45) is 0 Å². The molecule has 158 valence electrons. The fraction of sp³-hybridized carbons (Fsp3) is 0.235. The number of nitrogens with zero attached hydrogens (tertiary/aromatic N) is 4. The second-order valence-electron chi connectivity index (χ2n) is 5.81. The molecule has 3 N–H and O–H groups in total. The average Bonchev–Trinajstić information content (AvgIpc) is 2.67. The Labute approximate surface area is 166 Å². The first-order chi connectivity index (χ1) is 14.1. The van der Waals surface area contributed by atoms with Crippen LogP contribution >= 0.6 is 0 Å². The summed E-state index contributed by atoms with van der Waals surface area (Å²) in [4.78, 5) is 36.8. The molecule has 0 bridgehead atoms. The SMILES string of the molecule is CCn1c(NC(=O)c2cnc(N)nc2)nc2c(OC)c(OC(F)(F)F)ccc2c1=O. The van der Waals surface area contributed by atoms with Crippen LogP contribution in [0.15, 0.2) is 29.3 Å². The lowest BCUT2D eigenvalue weighted by molar-refractivity contribution is -0.275. The van der Waals surface area contributed by atoms with Crippen molar-refractivity contribution >= 4 is 28.7 Å². The van der Waals surface area contributed by atoms with E-state index in [1.807, 2.05) is 0 Å². The molecule has 0 unspecified atom stereocenters. The monoisotopic (exact) mass is 424 g/mol. The van der Waals surface area contributed by atoms with Crippen LogP contribution in [0, 0.1) is 0 Å². The first-order valence-corrected chi connectivity index (χ1v) is 8.40. The average molecular weight is 424 g/mol. The fourth-order valence-corrected chi connectivity index (χ4v) is 2.66. The Morgan fingerprint density at radius 3 is 2.50 bits per heavy atom. The molecule has 0 aliphatic carbocycles. The molecule has 0 aliphatic rings. The Bertz CT molecular complexity index is 1160. The van der Waals surface area contributed by atoms with Crippen LogP contribution in [-0.4, -0.2) is 38.9 Å². The van der Waals surface area contributed by atoms with Crippen molar-refractivity contribution in [2.75, 3.05) is 18.2 Å². The minimum atomic E-state index is -4.98. The van der Waals surface area contributed by atoms with Gasteiger partial charge in [0.1, 0.15) is 5.52 Å². The summed E-state index contributed by atoms with van der Waals surface area (Å²) < 4.78 is 48.1. The highest BCUT2D eigenvalue weighted by Gasteiger charge is 2.33. The van der Waals surface area contributed by atoms with E-state index in [1.54, 1.807) is 6.92 Å². The van der Waals surface area contributed by atoms with Gasteiger partial charge in [0.2, 0.25) is 11.9 Å². The predicted octanol–water partition coefficient (Wildman–Crippen LogP) is 1.95. The van der Waals surface area contributed by atoms with Gasteiger partial charge in [0.15, 0.2) is 11.5 Å². The number of amides is 1. The van der Waals surface area contributed by atoms with E-state index in [0.717, 1.165) is 23.8 Å². The van der Waals surface area contributed by atoms with Crippen LogP contribution in [-0.2, 0) is 6.54 Å². The summed E-state index contributed by atoms with van der Waals surface area (Å²) in [6, 6.07) is 2.10. The van der Waals surface area contributed by atoms with E-state index < -0.39 is 29.3 Å². The lowest BCUT2D eigenvalue weighted by atomic mass is 10.2. The molecule has 10 nitrogen and oxygen atoms in total. The van der Waals surface area contributed by atoms with E-state index in [2.05, 4.69) is 25.0 Å².